The van der Waals surface area contributed by atoms with E-state index in [1.807, 2.05) is 0 Å². The second-order valence-electron chi connectivity index (χ2n) is 3.07. The highest BCUT2D eigenvalue weighted by atomic mass is 19.4. The molecule has 0 bridgehead atoms. The van der Waals surface area contributed by atoms with Crippen molar-refractivity contribution in [1.29, 1.82) is 0 Å². The van der Waals surface area contributed by atoms with Crippen LogP contribution in [0.4, 0.5) is 17.3 Å². The monoisotopic (exact) mass is 220 g/mol. The topological polar surface area (TPSA) is 43.1 Å². The predicted octanol–water partition coefficient (Wildman–Crippen LogP) is 0.908. The lowest BCUT2D eigenvalue weighted by Crippen LogP contribution is -2.34. The van der Waals surface area contributed by atoms with Gasteiger partial charge in [-0.2, -0.15) is 0 Å². The maximum absolute atomic E-state index is 12.9. The predicted molar refractivity (Wildman–Crippen MR) is 48.0 cm³/mol. The minimum Gasteiger partial charge on any atom is -0.445 e. The first-order chi connectivity index (χ1) is 6.80. The molecular formula is C8H7BF4NO-. The summed E-state index contributed by atoms with van der Waals surface area (Å²) < 4.78 is 49.7. The first kappa shape index (κ1) is 11.5. The third kappa shape index (κ3) is 2.97. The number of hydrogen-bond acceptors (Lipinski definition) is 1. The Balaban J connectivity index is 3.11. The fraction of sp³-hybridized carbons (Fsp3) is 0.125. The molecule has 0 aliphatic heterocycles. The zero-order valence-corrected chi connectivity index (χ0v) is 7.51. The minimum absolute atomic E-state index is 0.334. The largest absolute Gasteiger partial charge is 0.509 e. The maximum Gasteiger partial charge on any atom is 0.509 e. The Kier molecular flexibility index (Phi) is 3.02. The number of carbonyl (C=O) groups excluding carboxylic acids is 1. The third-order valence-corrected chi connectivity index (χ3v) is 1.81. The van der Waals surface area contributed by atoms with Crippen molar-refractivity contribution in [2.24, 2.45) is 5.73 Å². The number of amides is 1. The molecule has 0 spiro atoms. The second-order valence-corrected chi connectivity index (χ2v) is 3.07. The van der Waals surface area contributed by atoms with Crippen LogP contribution < -0.4 is 11.2 Å². The lowest BCUT2D eigenvalue weighted by atomic mass is 9.79. The minimum atomic E-state index is -5.19. The van der Waals surface area contributed by atoms with E-state index in [0.29, 0.717) is 18.2 Å². The SMILES string of the molecule is NC(=O)Cc1cc([B-](F)(F)F)ccc1F. The van der Waals surface area contributed by atoms with Gasteiger partial charge in [-0.05, 0) is 11.6 Å². The van der Waals surface area contributed by atoms with Crippen molar-refractivity contribution in [3.05, 3.63) is 29.6 Å². The molecule has 15 heavy (non-hydrogen) atoms. The quantitative estimate of drug-likeness (QED) is 0.596. The zero-order valence-electron chi connectivity index (χ0n) is 7.51. The van der Waals surface area contributed by atoms with Gasteiger partial charge in [-0.3, -0.25) is 4.79 Å². The standard InChI is InChI=1S/C8H7BF4NO/c10-7-2-1-6(9(11,12)13)3-5(7)4-8(14)15/h1-3H,4H2,(H2,14,15)/q-1. The molecule has 0 heterocycles. The molecule has 0 aliphatic rings. The molecule has 82 valence electrons. The molecule has 1 aromatic rings. The van der Waals surface area contributed by atoms with Crippen molar-refractivity contribution in [2.45, 2.75) is 6.42 Å². The van der Waals surface area contributed by atoms with Crippen molar-refractivity contribution in [1.82, 2.24) is 0 Å². The van der Waals surface area contributed by atoms with Gasteiger partial charge in [-0.15, -0.1) is 5.46 Å². The van der Waals surface area contributed by atoms with E-state index in [2.05, 4.69) is 0 Å². The summed E-state index contributed by atoms with van der Waals surface area (Å²) in [6, 6.07) is 1.93. The molecule has 1 amide bonds. The smallest absolute Gasteiger partial charge is 0.445 e. The average molecular weight is 220 g/mol. The highest BCUT2D eigenvalue weighted by molar-refractivity contribution is 6.73. The van der Waals surface area contributed by atoms with Crippen LogP contribution in [0.5, 0.6) is 0 Å². The van der Waals surface area contributed by atoms with Gasteiger partial charge in [0.25, 0.3) is 0 Å². The van der Waals surface area contributed by atoms with Crippen LogP contribution in [-0.4, -0.2) is 12.9 Å². The molecule has 0 aliphatic carbocycles. The van der Waals surface area contributed by atoms with Crippen LogP contribution in [0.1, 0.15) is 5.56 Å². The zero-order chi connectivity index (χ0) is 11.6. The van der Waals surface area contributed by atoms with E-state index >= 15 is 0 Å². The number of benzene rings is 1. The van der Waals surface area contributed by atoms with Crippen LogP contribution in [0.25, 0.3) is 0 Å². The van der Waals surface area contributed by atoms with Crippen molar-refractivity contribution in [3.63, 3.8) is 0 Å². The molecule has 0 saturated heterocycles. The molecule has 0 atom stereocenters. The number of rotatable bonds is 3. The van der Waals surface area contributed by atoms with Crippen molar-refractivity contribution in [3.8, 4) is 0 Å². The van der Waals surface area contributed by atoms with E-state index < -0.39 is 30.6 Å². The Morgan fingerprint density at radius 2 is 1.93 bits per heavy atom. The molecule has 1 aromatic carbocycles. The third-order valence-electron chi connectivity index (χ3n) is 1.81. The summed E-state index contributed by atoms with van der Waals surface area (Å²) in [7, 11) is 0. The molecule has 7 heteroatoms. The summed E-state index contributed by atoms with van der Waals surface area (Å²) in [6.45, 7) is -5.19. The van der Waals surface area contributed by atoms with Crippen LogP contribution in [-0.2, 0) is 11.2 Å². The van der Waals surface area contributed by atoms with Crippen LogP contribution >= 0.6 is 0 Å². The maximum atomic E-state index is 12.9. The lowest BCUT2D eigenvalue weighted by molar-refractivity contribution is -0.117. The summed E-state index contributed by atoms with van der Waals surface area (Å²) >= 11 is 0. The van der Waals surface area contributed by atoms with Gasteiger partial charge in [0.15, 0.2) is 0 Å². The van der Waals surface area contributed by atoms with Crippen LogP contribution in [0.2, 0.25) is 0 Å². The summed E-state index contributed by atoms with van der Waals surface area (Å²) in [4.78, 5) is 10.5. The second kappa shape index (κ2) is 3.92. The first-order valence-corrected chi connectivity index (χ1v) is 4.07. The highest BCUT2D eigenvalue weighted by Crippen LogP contribution is 2.13. The Bertz CT molecular complexity index is 391. The molecule has 0 unspecified atom stereocenters. The Labute approximate surface area is 83.1 Å². The van der Waals surface area contributed by atoms with Gasteiger partial charge in [0.1, 0.15) is 5.82 Å². The Hall–Kier alpha value is -1.53. The van der Waals surface area contributed by atoms with Crippen molar-refractivity contribution < 1.29 is 22.1 Å². The fourth-order valence-electron chi connectivity index (χ4n) is 1.12. The van der Waals surface area contributed by atoms with Gasteiger partial charge >= 0.3 is 6.98 Å². The van der Waals surface area contributed by atoms with E-state index in [9.17, 15) is 22.1 Å². The van der Waals surface area contributed by atoms with E-state index in [4.69, 9.17) is 5.73 Å². The number of primary amides is 1. The molecule has 0 aromatic heterocycles. The number of carbonyl (C=O) groups is 1. The molecular weight excluding hydrogens is 213 g/mol. The fourth-order valence-corrected chi connectivity index (χ4v) is 1.12. The molecule has 0 fully saturated rings. The summed E-state index contributed by atoms with van der Waals surface area (Å²) in [5.74, 6) is -1.74. The summed E-state index contributed by atoms with van der Waals surface area (Å²) in [6.07, 6.45) is -0.536. The Morgan fingerprint density at radius 1 is 1.33 bits per heavy atom. The van der Waals surface area contributed by atoms with Crippen LogP contribution in [0, 0.1) is 5.82 Å². The molecule has 0 saturated carbocycles. The molecule has 2 nitrogen and oxygen atoms in total. The lowest BCUT2D eigenvalue weighted by Gasteiger charge is -2.15. The Morgan fingerprint density at radius 3 is 2.40 bits per heavy atom. The molecule has 1 rings (SSSR count). The van der Waals surface area contributed by atoms with Gasteiger partial charge in [-0.25, -0.2) is 4.39 Å². The van der Waals surface area contributed by atoms with E-state index in [-0.39, 0.29) is 5.56 Å². The first-order valence-electron chi connectivity index (χ1n) is 4.07. The van der Waals surface area contributed by atoms with Crippen LogP contribution in [0.3, 0.4) is 0 Å². The van der Waals surface area contributed by atoms with Gasteiger partial charge in [0.2, 0.25) is 5.91 Å². The van der Waals surface area contributed by atoms with Crippen LogP contribution in [0.15, 0.2) is 18.2 Å². The average Bonchev–Trinajstić information content (AvgIpc) is 2.06. The van der Waals surface area contributed by atoms with Crippen molar-refractivity contribution >= 4 is 18.3 Å². The normalized spacial score (nSPS) is 11.5. The van der Waals surface area contributed by atoms with Gasteiger partial charge < -0.3 is 18.7 Å². The molecule has 0 radical (unpaired) electrons. The number of hydrogen-bond donors (Lipinski definition) is 1. The summed E-state index contributed by atoms with van der Waals surface area (Å²) in [5.41, 5.74) is 3.50. The molecule has 2 N–H and O–H groups in total. The number of nitrogens with two attached hydrogens (primary N) is 1. The van der Waals surface area contributed by atoms with Gasteiger partial charge in [-0.1, -0.05) is 12.1 Å². The van der Waals surface area contributed by atoms with Gasteiger partial charge in [0.05, 0.1) is 6.42 Å². The van der Waals surface area contributed by atoms with E-state index in [1.165, 1.54) is 0 Å². The number of halogens is 4. The van der Waals surface area contributed by atoms with E-state index in [1.54, 1.807) is 0 Å². The van der Waals surface area contributed by atoms with Gasteiger partial charge in [0, 0.05) is 0 Å². The van der Waals surface area contributed by atoms with E-state index in [0.717, 1.165) is 0 Å². The van der Waals surface area contributed by atoms with Crippen molar-refractivity contribution in [2.75, 3.05) is 0 Å². The highest BCUT2D eigenvalue weighted by Gasteiger charge is 2.26. The summed E-state index contributed by atoms with van der Waals surface area (Å²) in [5, 5.41) is 0.